The number of anilines is 1. The molecular formula is C16H20N4OS2. The molecule has 0 spiro atoms. The average Bonchev–Trinajstić information content (AvgIpc) is 3.00. The summed E-state index contributed by atoms with van der Waals surface area (Å²) < 4.78 is 0.867. The zero-order valence-corrected chi connectivity index (χ0v) is 14.9. The Morgan fingerprint density at radius 2 is 1.87 bits per heavy atom. The van der Waals surface area contributed by atoms with E-state index in [1.807, 2.05) is 24.8 Å². The van der Waals surface area contributed by atoms with Crippen LogP contribution in [0.15, 0.2) is 34.7 Å². The van der Waals surface area contributed by atoms with E-state index in [-0.39, 0.29) is 11.2 Å². The van der Waals surface area contributed by atoms with Gasteiger partial charge in [0.2, 0.25) is 5.91 Å². The Labute approximate surface area is 144 Å². The number of aryl methyl sites for hydroxylation is 1. The SMILES string of the molecule is Cc1nnc(S[C@H](C)C(=O)N2CCN(c3ccccc3)CC2)s1. The van der Waals surface area contributed by atoms with E-state index >= 15 is 0 Å². The van der Waals surface area contributed by atoms with Crippen LogP contribution in [0, 0.1) is 6.92 Å². The number of piperazine rings is 1. The minimum Gasteiger partial charge on any atom is -0.368 e. The van der Waals surface area contributed by atoms with Gasteiger partial charge in [0.25, 0.3) is 0 Å². The van der Waals surface area contributed by atoms with Gasteiger partial charge in [0, 0.05) is 31.9 Å². The quantitative estimate of drug-likeness (QED) is 0.795. The van der Waals surface area contributed by atoms with E-state index in [4.69, 9.17) is 0 Å². The predicted molar refractivity (Wildman–Crippen MR) is 95.2 cm³/mol. The van der Waals surface area contributed by atoms with Crippen LogP contribution in [0.4, 0.5) is 5.69 Å². The number of rotatable bonds is 4. The summed E-state index contributed by atoms with van der Waals surface area (Å²) in [5.74, 6) is 0.190. The van der Waals surface area contributed by atoms with Crippen LogP contribution in [-0.4, -0.2) is 52.4 Å². The largest absolute Gasteiger partial charge is 0.368 e. The summed E-state index contributed by atoms with van der Waals surface area (Å²) in [4.78, 5) is 16.9. The molecule has 0 radical (unpaired) electrons. The molecule has 1 aliphatic heterocycles. The molecule has 5 nitrogen and oxygen atoms in total. The molecule has 2 heterocycles. The Kier molecular flexibility index (Phi) is 5.17. The van der Waals surface area contributed by atoms with Gasteiger partial charge in [-0.2, -0.15) is 0 Å². The predicted octanol–water partition coefficient (Wildman–Crippen LogP) is 2.68. The Balaban J connectivity index is 1.53. The van der Waals surface area contributed by atoms with Crippen molar-refractivity contribution in [1.82, 2.24) is 15.1 Å². The average molecular weight is 348 g/mol. The number of carbonyl (C=O) groups excluding carboxylic acids is 1. The van der Waals surface area contributed by atoms with Crippen LogP contribution in [-0.2, 0) is 4.79 Å². The molecule has 1 atom stereocenters. The molecule has 0 N–H and O–H groups in total. The second-order valence-electron chi connectivity index (χ2n) is 5.49. The zero-order chi connectivity index (χ0) is 16.2. The van der Waals surface area contributed by atoms with Crippen molar-refractivity contribution in [1.29, 1.82) is 0 Å². The third-order valence-corrected chi connectivity index (χ3v) is 5.86. The lowest BCUT2D eigenvalue weighted by molar-refractivity contribution is -0.130. The number of aromatic nitrogens is 2. The molecule has 1 aromatic heterocycles. The minimum atomic E-state index is -0.120. The molecule has 23 heavy (non-hydrogen) atoms. The van der Waals surface area contributed by atoms with Crippen LogP contribution in [0.3, 0.4) is 0 Å². The van der Waals surface area contributed by atoms with Gasteiger partial charge in [-0.3, -0.25) is 4.79 Å². The summed E-state index contributed by atoms with van der Waals surface area (Å²) in [5, 5.41) is 8.90. The molecule has 0 bridgehead atoms. The molecule has 1 fully saturated rings. The standard InChI is InChI=1S/C16H20N4OS2/c1-12(22-16-18-17-13(2)23-16)15(21)20-10-8-19(9-11-20)14-6-4-3-5-7-14/h3-7,12H,8-11H2,1-2H3/t12-/m1/s1. The van der Waals surface area contributed by atoms with Crippen molar-refractivity contribution in [2.75, 3.05) is 31.1 Å². The molecule has 1 aliphatic rings. The van der Waals surface area contributed by atoms with Crippen molar-refractivity contribution in [2.45, 2.75) is 23.4 Å². The van der Waals surface area contributed by atoms with Gasteiger partial charge < -0.3 is 9.80 Å². The first-order chi connectivity index (χ1) is 11.1. The molecule has 2 aromatic rings. The number of para-hydroxylation sites is 1. The van der Waals surface area contributed by atoms with Crippen molar-refractivity contribution < 1.29 is 4.79 Å². The molecule has 1 saturated heterocycles. The maximum absolute atomic E-state index is 12.6. The van der Waals surface area contributed by atoms with Crippen molar-refractivity contribution in [2.24, 2.45) is 0 Å². The Hall–Kier alpha value is -1.60. The summed E-state index contributed by atoms with van der Waals surface area (Å²) in [5.41, 5.74) is 1.23. The van der Waals surface area contributed by atoms with Crippen LogP contribution in [0.1, 0.15) is 11.9 Å². The highest BCUT2D eigenvalue weighted by Crippen LogP contribution is 2.27. The minimum absolute atomic E-state index is 0.120. The Bertz CT molecular complexity index is 653. The van der Waals surface area contributed by atoms with Gasteiger partial charge in [-0.05, 0) is 26.0 Å². The van der Waals surface area contributed by atoms with E-state index in [2.05, 4.69) is 39.4 Å². The van der Waals surface area contributed by atoms with E-state index in [9.17, 15) is 4.79 Å². The van der Waals surface area contributed by atoms with E-state index in [1.165, 1.54) is 28.8 Å². The van der Waals surface area contributed by atoms with Crippen molar-refractivity contribution in [3.05, 3.63) is 35.3 Å². The highest BCUT2D eigenvalue weighted by molar-refractivity contribution is 8.02. The van der Waals surface area contributed by atoms with Crippen LogP contribution < -0.4 is 4.90 Å². The van der Waals surface area contributed by atoms with E-state index in [1.54, 1.807) is 0 Å². The van der Waals surface area contributed by atoms with Crippen LogP contribution >= 0.6 is 23.1 Å². The molecule has 1 aromatic carbocycles. The lowest BCUT2D eigenvalue weighted by Crippen LogP contribution is -2.50. The fraction of sp³-hybridized carbons (Fsp3) is 0.438. The topological polar surface area (TPSA) is 49.3 Å². The monoisotopic (exact) mass is 348 g/mol. The number of thioether (sulfide) groups is 1. The lowest BCUT2D eigenvalue weighted by atomic mass is 10.2. The molecule has 1 amide bonds. The molecular weight excluding hydrogens is 328 g/mol. The lowest BCUT2D eigenvalue weighted by Gasteiger charge is -2.37. The molecule has 122 valence electrons. The fourth-order valence-corrected chi connectivity index (χ4v) is 4.65. The van der Waals surface area contributed by atoms with Gasteiger partial charge >= 0.3 is 0 Å². The smallest absolute Gasteiger partial charge is 0.235 e. The second-order valence-corrected chi connectivity index (χ2v) is 8.26. The number of hydrogen-bond acceptors (Lipinski definition) is 6. The number of carbonyl (C=O) groups is 1. The maximum Gasteiger partial charge on any atom is 0.235 e. The zero-order valence-electron chi connectivity index (χ0n) is 13.3. The summed E-state index contributed by atoms with van der Waals surface area (Å²) in [6.45, 7) is 7.18. The maximum atomic E-state index is 12.6. The summed E-state index contributed by atoms with van der Waals surface area (Å²) >= 11 is 3.04. The Morgan fingerprint density at radius 1 is 1.17 bits per heavy atom. The summed E-state index contributed by atoms with van der Waals surface area (Å²) in [7, 11) is 0. The Morgan fingerprint density at radius 3 is 2.48 bits per heavy atom. The van der Waals surface area contributed by atoms with Gasteiger partial charge in [-0.25, -0.2) is 0 Å². The highest BCUT2D eigenvalue weighted by Gasteiger charge is 2.26. The van der Waals surface area contributed by atoms with Gasteiger partial charge in [0.1, 0.15) is 5.01 Å². The van der Waals surface area contributed by atoms with Gasteiger partial charge in [-0.1, -0.05) is 41.3 Å². The number of benzene rings is 1. The molecule has 3 rings (SSSR count). The van der Waals surface area contributed by atoms with Gasteiger partial charge in [0.05, 0.1) is 5.25 Å². The fourth-order valence-electron chi connectivity index (χ4n) is 2.61. The molecule has 0 saturated carbocycles. The first kappa shape index (κ1) is 16.3. The summed E-state index contributed by atoms with van der Waals surface area (Å²) in [6.07, 6.45) is 0. The van der Waals surface area contributed by atoms with Gasteiger partial charge in [-0.15, -0.1) is 10.2 Å². The highest BCUT2D eigenvalue weighted by atomic mass is 32.2. The second kappa shape index (κ2) is 7.31. The number of amides is 1. The van der Waals surface area contributed by atoms with Crippen molar-refractivity contribution in [3.8, 4) is 0 Å². The number of hydrogen-bond donors (Lipinski definition) is 0. The summed E-state index contributed by atoms with van der Waals surface area (Å²) in [6, 6.07) is 10.4. The molecule has 0 aliphatic carbocycles. The third-order valence-electron chi connectivity index (χ3n) is 3.85. The first-order valence-electron chi connectivity index (χ1n) is 7.69. The third kappa shape index (κ3) is 4.03. The van der Waals surface area contributed by atoms with Gasteiger partial charge in [0.15, 0.2) is 4.34 Å². The van der Waals surface area contributed by atoms with E-state index in [0.717, 1.165) is 35.5 Å². The van der Waals surface area contributed by atoms with Crippen LogP contribution in [0.2, 0.25) is 0 Å². The van der Waals surface area contributed by atoms with Crippen LogP contribution in [0.5, 0.6) is 0 Å². The van der Waals surface area contributed by atoms with E-state index in [0.29, 0.717) is 0 Å². The van der Waals surface area contributed by atoms with E-state index < -0.39 is 0 Å². The number of nitrogens with zero attached hydrogens (tertiary/aromatic N) is 4. The normalized spacial score (nSPS) is 16.4. The first-order valence-corrected chi connectivity index (χ1v) is 9.38. The molecule has 0 unspecified atom stereocenters. The van der Waals surface area contributed by atoms with Crippen LogP contribution in [0.25, 0.3) is 0 Å². The van der Waals surface area contributed by atoms with Crippen molar-refractivity contribution >= 4 is 34.7 Å². The molecule has 7 heteroatoms. The van der Waals surface area contributed by atoms with Crippen molar-refractivity contribution in [3.63, 3.8) is 0 Å².